The van der Waals surface area contributed by atoms with Crippen LogP contribution in [0.2, 0.25) is 18.1 Å². The van der Waals surface area contributed by atoms with Crippen LogP contribution < -0.4 is 4.90 Å². The number of carbonyl (C=O) groups excluding carboxylic acids is 1. The minimum atomic E-state index is -4.49. The molecule has 1 aromatic rings. The molecule has 1 N–H and O–H groups in total. The van der Waals surface area contributed by atoms with E-state index in [4.69, 9.17) is 4.43 Å². The Kier molecular flexibility index (Phi) is 6.42. The molecule has 0 saturated carbocycles. The molecule has 0 aromatic carbocycles. The molecule has 2 aliphatic rings. The topological polar surface area (TPSA) is 78.8 Å². The number of carbonyl (C=O) groups is 1. The number of amides is 1. The quantitative estimate of drug-likeness (QED) is 0.696. The Morgan fingerprint density at radius 2 is 1.74 bits per heavy atom. The molecule has 174 valence electrons. The van der Waals surface area contributed by atoms with Crippen molar-refractivity contribution in [3.05, 3.63) is 18.0 Å². The predicted octanol–water partition coefficient (Wildman–Crippen LogP) is 3.06. The van der Waals surface area contributed by atoms with Crippen molar-refractivity contribution in [1.82, 2.24) is 14.9 Å². The lowest BCUT2D eigenvalue weighted by Crippen LogP contribution is -2.60. The normalized spacial score (nSPS) is 26.0. The number of hydrogen-bond donors (Lipinski definition) is 1. The van der Waals surface area contributed by atoms with Crippen LogP contribution in [0.25, 0.3) is 0 Å². The van der Waals surface area contributed by atoms with Crippen molar-refractivity contribution in [1.29, 1.82) is 0 Å². The number of anilines is 1. The number of aromatic nitrogens is 2. The largest absolute Gasteiger partial charge is 0.419 e. The number of piperidine rings is 1. The molecule has 2 fully saturated rings. The van der Waals surface area contributed by atoms with E-state index in [1.165, 1.54) is 0 Å². The van der Waals surface area contributed by atoms with Crippen LogP contribution in [0, 0.1) is 0 Å². The third-order valence-corrected chi connectivity index (χ3v) is 11.1. The first-order chi connectivity index (χ1) is 14.2. The van der Waals surface area contributed by atoms with Crippen LogP contribution >= 0.6 is 0 Å². The van der Waals surface area contributed by atoms with E-state index in [2.05, 4.69) is 43.8 Å². The number of alkyl halides is 3. The van der Waals surface area contributed by atoms with Crippen molar-refractivity contribution in [2.75, 3.05) is 24.5 Å². The first-order valence-electron chi connectivity index (χ1n) is 10.5. The van der Waals surface area contributed by atoms with Crippen LogP contribution in [0.5, 0.6) is 0 Å². The van der Waals surface area contributed by atoms with Crippen LogP contribution in [0.1, 0.15) is 39.2 Å². The van der Waals surface area contributed by atoms with Crippen LogP contribution in [0.4, 0.5) is 19.1 Å². The summed E-state index contributed by atoms with van der Waals surface area (Å²) in [4.78, 5) is 23.9. The maximum absolute atomic E-state index is 12.8. The van der Waals surface area contributed by atoms with Crippen LogP contribution in [0.15, 0.2) is 12.4 Å². The molecular formula is C20H31F3N4O3Si. The third-order valence-electron chi connectivity index (χ3n) is 6.64. The fourth-order valence-corrected chi connectivity index (χ4v) is 5.10. The number of aliphatic hydroxyl groups excluding tert-OH is 1. The van der Waals surface area contributed by atoms with Gasteiger partial charge in [0.15, 0.2) is 8.32 Å². The van der Waals surface area contributed by atoms with Gasteiger partial charge < -0.3 is 19.3 Å². The summed E-state index contributed by atoms with van der Waals surface area (Å²) in [7, 11) is -2.21. The number of halogens is 3. The molecule has 3 atom stereocenters. The van der Waals surface area contributed by atoms with E-state index < -0.39 is 26.2 Å². The van der Waals surface area contributed by atoms with E-state index in [0.29, 0.717) is 32.5 Å². The van der Waals surface area contributed by atoms with Crippen molar-refractivity contribution in [3.8, 4) is 0 Å². The Labute approximate surface area is 181 Å². The van der Waals surface area contributed by atoms with E-state index >= 15 is 0 Å². The summed E-state index contributed by atoms with van der Waals surface area (Å²) in [6.07, 6.45) is -3.29. The highest BCUT2D eigenvalue weighted by Crippen LogP contribution is 2.39. The fourth-order valence-electron chi connectivity index (χ4n) is 3.76. The SMILES string of the molecule is CC(C)(C)[Si](C)(C)O[C@H]1CN(c2ncc(C(F)(F)F)cn2)CC[C@@H]1N1CCC(O)C1=O. The fraction of sp³-hybridized carbons (Fsp3) is 0.750. The van der Waals surface area contributed by atoms with E-state index in [0.717, 1.165) is 12.4 Å². The molecule has 2 aliphatic heterocycles. The molecule has 0 radical (unpaired) electrons. The number of hydrogen-bond acceptors (Lipinski definition) is 6. The Bertz CT molecular complexity index is 798. The molecule has 3 rings (SSSR count). The Hall–Kier alpha value is -1.72. The van der Waals surface area contributed by atoms with E-state index in [1.807, 2.05) is 4.90 Å². The first-order valence-corrected chi connectivity index (χ1v) is 13.4. The number of aliphatic hydroxyl groups is 1. The lowest BCUT2D eigenvalue weighted by Gasteiger charge is -2.47. The predicted molar refractivity (Wildman–Crippen MR) is 112 cm³/mol. The first kappa shape index (κ1) is 23.9. The smallest absolute Gasteiger partial charge is 0.410 e. The highest BCUT2D eigenvalue weighted by Gasteiger charge is 2.46. The van der Waals surface area contributed by atoms with Gasteiger partial charge in [0, 0.05) is 32.0 Å². The average molecular weight is 461 g/mol. The van der Waals surface area contributed by atoms with Crippen molar-refractivity contribution < 1.29 is 27.5 Å². The third kappa shape index (κ3) is 5.03. The zero-order valence-corrected chi connectivity index (χ0v) is 19.6. The number of rotatable bonds is 4. The average Bonchev–Trinajstić information content (AvgIpc) is 2.99. The summed E-state index contributed by atoms with van der Waals surface area (Å²) in [5.41, 5.74) is -0.892. The monoisotopic (exact) mass is 460 g/mol. The summed E-state index contributed by atoms with van der Waals surface area (Å²) < 4.78 is 45.2. The maximum Gasteiger partial charge on any atom is 0.419 e. The minimum absolute atomic E-state index is 0.0563. The molecule has 2 saturated heterocycles. The van der Waals surface area contributed by atoms with E-state index in [1.54, 1.807) is 4.90 Å². The molecule has 0 bridgehead atoms. The Morgan fingerprint density at radius 3 is 2.23 bits per heavy atom. The molecule has 31 heavy (non-hydrogen) atoms. The van der Waals surface area contributed by atoms with Gasteiger partial charge in [0.2, 0.25) is 5.95 Å². The van der Waals surface area contributed by atoms with Gasteiger partial charge in [-0.1, -0.05) is 20.8 Å². The molecule has 3 heterocycles. The lowest BCUT2D eigenvalue weighted by atomic mass is 10.0. The second-order valence-electron chi connectivity index (χ2n) is 9.82. The van der Waals surface area contributed by atoms with Gasteiger partial charge in [-0.3, -0.25) is 4.79 Å². The highest BCUT2D eigenvalue weighted by atomic mass is 28.4. The molecular weight excluding hydrogens is 429 g/mol. The van der Waals surface area contributed by atoms with Gasteiger partial charge >= 0.3 is 6.18 Å². The summed E-state index contributed by atoms with van der Waals surface area (Å²) >= 11 is 0. The summed E-state index contributed by atoms with van der Waals surface area (Å²) in [6, 6.07) is -0.204. The molecule has 1 unspecified atom stereocenters. The molecule has 0 spiro atoms. The van der Waals surface area contributed by atoms with Crippen molar-refractivity contribution in [3.63, 3.8) is 0 Å². The van der Waals surface area contributed by atoms with Crippen LogP contribution in [-0.2, 0) is 15.4 Å². The Morgan fingerprint density at radius 1 is 1.13 bits per heavy atom. The highest BCUT2D eigenvalue weighted by molar-refractivity contribution is 6.74. The van der Waals surface area contributed by atoms with Gasteiger partial charge in [0.05, 0.1) is 17.7 Å². The summed E-state index contributed by atoms with van der Waals surface area (Å²) in [6.45, 7) is 11.9. The standard InChI is InChI=1S/C20H31F3N4O3Si/c1-19(2,3)31(4,5)30-16-12-26(18-24-10-13(11-25-18)20(21,22)23)8-6-14(16)27-9-7-15(28)17(27)29/h10-11,14-16,28H,6-9,12H2,1-5H3/t14-,15?,16-/m0/s1. The van der Waals surface area contributed by atoms with Crippen molar-refractivity contribution in [2.45, 2.75) is 76.2 Å². The summed E-state index contributed by atoms with van der Waals surface area (Å²) in [5, 5.41) is 9.87. The summed E-state index contributed by atoms with van der Waals surface area (Å²) in [5.74, 6) is -0.0730. The van der Waals surface area contributed by atoms with Crippen LogP contribution in [0.3, 0.4) is 0 Å². The van der Waals surface area contributed by atoms with Crippen molar-refractivity contribution >= 4 is 20.2 Å². The van der Waals surface area contributed by atoms with Gasteiger partial charge in [-0.25, -0.2) is 9.97 Å². The molecule has 0 aliphatic carbocycles. The minimum Gasteiger partial charge on any atom is -0.410 e. The number of likely N-dealkylation sites (tertiary alicyclic amines) is 1. The molecule has 1 amide bonds. The second-order valence-corrected chi connectivity index (χ2v) is 14.6. The van der Waals surface area contributed by atoms with Gasteiger partial charge in [-0.05, 0) is 31.0 Å². The Balaban J connectivity index is 1.84. The molecule has 7 nitrogen and oxygen atoms in total. The van der Waals surface area contributed by atoms with Gasteiger partial charge in [0.1, 0.15) is 6.10 Å². The lowest BCUT2D eigenvalue weighted by molar-refractivity contribution is -0.139. The number of nitrogens with zero attached hydrogens (tertiary/aromatic N) is 4. The van der Waals surface area contributed by atoms with Gasteiger partial charge in [-0.15, -0.1) is 0 Å². The van der Waals surface area contributed by atoms with E-state index in [9.17, 15) is 23.1 Å². The van der Waals surface area contributed by atoms with Gasteiger partial charge in [-0.2, -0.15) is 13.2 Å². The maximum atomic E-state index is 12.8. The molecule has 1 aromatic heterocycles. The van der Waals surface area contributed by atoms with Gasteiger partial charge in [0.25, 0.3) is 5.91 Å². The zero-order valence-electron chi connectivity index (χ0n) is 18.6. The van der Waals surface area contributed by atoms with Crippen molar-refractivity contribution in [2.24, 2.45) is 0 Å². The second kappa shape index (κ2) is 8.32. The van der Waals surface area contributed by atoms with Crippen LogP contribution in [-0.4, -0.2) is 72.1 Å². The molecule has 11 heteroatoms. The zero-order chi connectivity index (χ0) is 23.2. The van der Waals surface area contributed by atoms with E-state index in [-0.39, 0.29) is 29.0 Å².